The number of rotatable bonds is 2. The number of halogens is 1. The zero-order chi connectivity index (χ0) is 11.5. The van der Waals surface area contributed by atoms with Gasteiger partial charge in [0.25, 0.3) is 0 Å². The quantitative estimate of drug-likeness (QED) is 0.800. The van der Waals surface area contributed by atoms with Crippen LogP contribution >= 0.6 is 11.6 Å². The predicted octanol–water partition coefficient (Wildman–Crippen LogP) is 1.89. The van der Waals surface area contributed by atoms with E-state index in [0.29, 0.717) is 5.69 Å². The largest absolute Gasteiger partial charge is 0.491 e. The lowest BCUT2D eigenvalue weighted by Gasteiger charge is -2.06. The van der Waals surface area contributed by atoms with Crippen LogP contribution in [0.4, 0.5) is 0 Å². The second-order valence-electron chi connectivity index (χ2n) is 3.09. The van der Waals surface area contributed by atoms with Gasteiger partial charge in [0.15, 0.2) is 10.9 Å². The highest BCUT2D eigenvalue weighted by molar-refractivity contribution is 6.29. The van der Waals surface area contributed by atoms with Crippen LogP contribution in [0.5, 0.6) is 5.75 Å². The highest BCUT2D eigenvalue weighted by atomic mass is 35.5. The summed E-state index contributed by atoms with van der Waals surface area (Å²) in [4.78, 5) is 11.9. The fourth-order valence-electron chi connectivity index (χ4n) is 1.33. The molecule has 0 fully saturated rings. The van der Waals surface area contributed by atoms with Crippen LogP contribution in [0.2, 0.25) is 5.15 Å². The molecule has 1 heterocycles. The molecule has 0 unspecified atom stereocenters. The number of hydrogen-bond acceptors (Lipinski definition) is 3. The third kappa shape index (κ3) is 1.92. The Morgan fingerprint density at radius 2 is 2.00 bits per heavy atom. The first-order chi connectivity index (χ1) is 7.72. The fraction of sp³-hybridized carbons (Fsp3) is 0.0909. The summed E-state index contributed by atoms with van der Waals surface area (Å²) in [5.41, 5.74) is 0.311. The van der Waals surface area contributed by atoms with Crippen LogP contribution < -0.4 is 10.3 Å². The highest BCUT2D eigenvalue weighted by Gasteiger charge is 2.08. The average Bonchev–Trinajstić information content (AvgIpc) is 2.33. The summed E-state index contributed by atoms with van der Waals surface area (Å²) in [5, 5.41) is 4.15. The average molecular weight is 237 g/mol. The van der Waals surface area contributed by atoms with E-state index in [9.17, 15) is 4.79 Å². The van der Waals surface area contributed by atoms with Crippen LogP contribution in [0.1, 0.15) is 0 Å². The predicted molar refractivity (Wildman–Crippen MR) is 61.4 cm³/mol. The summed E-state index contributed by atoms with van der Waals surface area (Å²) < 4.78 is 6.14. The van der Waals surface area contributed by atoms with Gasteiger partial charge in [0.2, 0.25) is 0 Å². The molecule has 5 heteroatoms. The number of nitrogens with zero attached hydrogens (tertiary/aromatic N) is 2. The number of aromatic nitrogens is 2. The molecule has 2 aromatic rings. The molecule has 16 heavy (non-hydrogen) atoms. The SMILES string of the molecule is COc1cc(Cl)nn(-c2ccccc2)c1=O. The Hall–Kier alpha value is -1.81. The minimum Gasteiger partial charge on any atom is -0.491 e. The third-order valence-corrected chi connectivity index (χ3v) is 2.25. The van der Waals surface area contributed by atoms with Gasteiger partial charge in [-0.15, -0.1) is 0 Å². The smallest absolute Gasteiger partial charge is 0.313 e. The van der Waals surface area contributed by atoms with Crippen molar-refractivity contribution >= 4 is 11.6 Å². The maximum Gasteiger partial charge on any atom is 0.313 e. The fourth-order valence-corrected chi connectivity index (χ4v) is 1.51. The van der Waals surface area contributed by atoms with Gasteiger partial charge >= 0.3 is 5.56 Å². The van der Waals surface area contributed by atoms with Crippen molar-refractivity contribution in [3.05, 3.63) is 51.9 Å². The highest BCUT2D eigenvalue weighted by Crippen LogP contribution is 2.12. The summed E-state index contributed by atoms with van der Waals surface area (Å²) in [5.74, 6) is 0.170. The van der Waals surface area contributed by atoms with E-state index in [4.69, 9.17) is 16.3 Å². The van der Waals surface area contributed by atoms with E-state index >= 15 is 0 Å². The number of hydrogen-bond donors (Lipinski definition) is 0. The summed E-state index contributed by atoms with van der Waals surface area (Å²) >= 11 is 5.80. The van der Waals surface area contributed by atoms with E-state index in [0.717, 1.165) is 0 Å². The maximum atomic E-state index is 11.9. The first-order valence-corrected chi connectivity index (χ1v) is 4.99. The van der Waals surface area contributed by atoms with Crippen LogP contribution in [0.3, 0.4) is 0 Å². The van der Waals surface area contributed by atoms with Crippen LogP contribution in [0.15, 0.2) is 41.2 Å². The molecule has 0 aliphatic rings. The van der Waals surface area contributed by atoms with Gasteiger partial charge in [-0.25, -0.2) is 0 Å². The Bertz CT molecular complexity index is 552. The monoisotopic (exact) mass is 236 g/mol. The zero-order valence-electron chi connectivity index (χ0n) is 8.55. The number of benzene rings is 1. The van der Waals surface area contributed by atoms with Gasteiger partial charge in [-0.1, -0.05) is 29.8 Å². The Morgan fingerprint density at radius 3 is 2.62 bits per heavy atom. The van der Waals surface area contributed by atoms with E-state index < -0.39 is 0 Å². The van der Waals surface area contributed by atoms with Crippen LogP contribution in [-0.2, 0) is 0 Å². The normalized spacial score (nSPS) is 10.1. The van der Waals surface area contributed by atoms with Crippen molar-refractivity contribution in [2.75, 3.05) is 7.11 Å². The Kier molecular flexibility index (Phi) is 2.92. The standard InChI is InChI=1S/C11H9ClN2O2/c1-16-9-7-10(12)13-14(11(9)15)8-5-3-2-4-6-8/h2-7H,1H3. The Balaban J connectivity index is 2.66. The van der Waals surface area contributed by atoms with E-state index in [1.807, 2.05) is 18.2 Å². The van der Waals surface area contributed by atoms with Crippen molar-refractivity contribution in [2.45, 2.75) is 0 Å². The molecule has 0 radical (unpaired) electrons. The minimum atomic E-state index is -0.335. The van der Waals surface area contributed by atoms with Gasteiger partial charge in [0.05, 0.1) is 12.8 Å². The molecule has 1 aromatic heterocycles. The van der Waals surface area contributed by atoms with Crippen LogP contribution in [0, 0.1) is 0 Å². The molecule has 1 aromatic carbocycles. The summed E-state index contributed by atoms with van der Waals surface area (Å²) in [6, 6.07) is 10.4. The molecule has 0 aliphatic heterocycles. The molecule has 0 saturated carbocycles. The first kappa shape index (κ1) is 10.7. The van der Waals surface area contributed by atoms with E-state index in [-0.39, 0.29) is 16.5 Å². The topological polar surface area (TPSA) is 44.1 Å². The van der Waals surface area contributed by atoms with E-state index in [1.165, 1.54) is 17.9 Å². The molecule has 0 amide bonds. The van der Waals surface area contributed by atoms with Crippen molar-refractivity contribution in [3.63, 3.8) is 0 Å². The van der Waals surface area contributed by atoms with Crippen molar-refractivity contribution in [1.29, 1.82) is 0 Å². The molecular weight excluding hydrogens is 228 g/mol. The third-order valence-electron chi connectivity index (χ3n) is 2.07. The van der Waals surface area contributed by atoms with E-state index in [1.54, 1.807) is 12.1 Å². The number of para-hydroxylation sites is 1. The second kappa shape index (κ2) is 4.37. The van der Waals surface area contributed by atoms with Crippen molar-refractivity contribution in [1.82, 2.24) is 9.78 Å². The molecular formula is C11H9ClN2O2. The van der Waals surface area contributed by atoms with Crippen molar-refractivity contribution < 1.29 is 4.74 Å². The Labute approximate surface area is 97.0 Å². The van der Waals surface area contributed by atoms with Crippen LogP contribution in [-0.4, -0.2) is 16.9 Å². The van der Waals surface area contributed by atoms with Gasteiger partial charge in [0.1, 0.15) is 0 Å². The molecule has 4 nitrogen and oxygen atoms in total. The van der Waals surface area contributed by atoms with Gasteiger partial charge < -0.3 is 4.74 Å². The van der Waals surface area contributed by atoms with Gasteiger partial charge in [0, 0.05) is 6.07 Å². The second-order valence-corrected chi connectivity index (χ2v) is 3.48. The molecule has 0 saturated heterocycles. The molecule has 2 rings (SSSR count). The van der Waals surface area contributed by atoms with E-state index in [2.05, 4.69) is 5.10 Å². The Morgan fingerprint density at radius 1 is 1.31 bits per heavy atom. The molecule has 82 valence electrons. The summed E-state index contributed by atoms with van der Waals surface area (Å²) in [6.45, 7) is 0. The summed E-state index contributed by atoms with van der Waals surface area (Å²) in [6.07, 6.45) is 0. The molecule has 0 N–H and O–H groups in total. The lowest BCUT2D eigenvalue weighted by atomic mass is 10.3. The maximum absolute atomic E-state index is 11.9. The van der Waals surface area contributed by atoms with Crippen molar-refractivity contribution in [2.24, 2.45) is 0 Å². The molecule has 0 bridgehead atoms. The number of ether oxygens (including phenoxy) is 1. The first-order valence-electron chi connectivity index (χ1n) is 4.61. The molecule has 0 atom stereocenters. The lowest BCUT2D eigenvalue weighted by molar-refractivity contribution is 0.403. The van der Waals surface area contributed by atoms with Crippen molar-refractivity contribution in [3.8, 4) is 11.4 Å². The zero-order valence-corrected chi connectivity index (χ0v) is 9.31. The van der Waals surface area contributed by atoms with Gasteiger partial charge in [-0.05, 0) is 12.1 Å². The minimum absolute atomic E-state index is 0.170. The molecule has 0 spiro atoms. The summed E-state index contributed by atoms with van der Waals surface area (Å²) in [7, 11) is 1.42. The van der Waals surface area contributed by atoms with Crippen LogP contribution in [0.25, 0.3) is 5.69 Å². The van der Waals surface area contributed by atoms with Gasteiger partial charge in [-0.2, -0.15) is 9.78 Å². The number of methoxy groups -OCH3 is 1. The lowest BCUT2D eigenvalue weighted by Crippen LogP contribution is -2.22. The van der Waals surface area contributed by atoms with Gasteiger partial charge in [-0.3, -0.25) is 4.79 Å². The molecule has 0 aliphatic carbocycles.